The Morgan fingerprint density at radius 1 is 1.60 bits per heavy atom. The molecule has 0 aliphatic rings. The maximum atomic E-state index is 10.2. The lowest BCUT2D eigenvalue weighted by Gasteiger charge is -1.86. The van der Waals surface area contributed by atoms with E-state index in [1.165, 1.54) is 6.08 Å². The summed E-state index contributed by atoms with van der Waals surface area (Å²) in [7, 11) is 0. The standard InChI is InChI=1S/C9H10O/c1-4-5-9(7-10)6-8(2)3/h5-7H,1-2H2,3H3. The normalized spacial score (nSPS) is 9.90. The molecule has 10 heavy (non-hydrogen) atoms. The van der Waals surface area contributed by atoms with E-state index in [1.807, 2.05) is 6.92 Å². The Morgan fingerprint density at radius 2 is 2.20 bits per heavy atom. The van der Waals surface area contributed by atoms with Crippen molar-refractivity contribution in [2.45, 2.75) is 6.92 Å². The minimum atomic E-state index is 0.544. The third kappa shape index (κ3) is 3.65. The number of hydrogen-bond acceptors (Lipinski definition) is 1. The molecule has 1 heteroatoms. The first kappa shape index (κ1) is 8.67. The molecule has 1 nitrogen and oxygen atoms in total. The van der Waals surface area contributed by atoms with Gasteiger partial charge >= 0.3 is 0 Å². The third-order valence-corrected chi connectivity index (χ3v) is 0.818. The lowest BCUT2D eigenvalue weighted by molar-refractivity contribution is -0.104. The fraction of sp³-hybridized carbons (Fsp3) is 0.111. The van der Waals surface area contributed by atoms with Crippen LogP contribution in [0.15, 0.2) is 42.2 Å². The molecule has 0 aromatic heterocycles. The summed E-state index contributed by atoms with van der Waals surface area (Å²) >= 11 is 0. The molecule has 0 aliphatic carbocycles. The molecule has 0 heterocycles. The summed E-state index contributed by atoms with van der Waals surface area (Å²) < 4.78 is 0. The first-order chi connectivity index (χ1) is 4.70. The van der Waals surface area contributed by atoms with E-state index in [2.05, 4.69) is 18.9 Å². The van der Waals surface area contributed by atoms with Gasteiger partial charge in [-0.1, -0.05) is 18.7 Å². The van der Waals surface area contributed by atoms with Crippen molar-refractivity contribution in [2.24, 2.45) is 0 Å². The van der Waals surface area contributed by atoms with Crippen LogP contribution in [0.25, 0.3) is 0 Å². The molecule has 0 unspecified atom stereocenters. The molecule has 0 radical (unpaired) electrons. The molecule has 52 valence electrons. The average molecular weight is 134 g/mol. The van der Waals surface area contributed by atoms with Gasteiger partial charge in [0.1, 0.15) is 0 Å². The summed E-state index contributed by atoms with van der Waals surface area (Å²) in [6, 6.07) is 0. The quantitative estimate of drug-likeness (QED) is 0.250. The van der Waals surface area contributed by atoms with Gasteiger partial charge in [-0.2, -0.15) is 0 Å². The molecular weight excluding hydrogens is 124 g/mol. The van der Waals surface area contributed by atoms with Gasteiger partial charge in [-0.05, 0) is 19.1 Å². The van der Waals surface area contributed by atoms with Gasteiger partial charge in [0.15, 0.2) is 6.29 Å². The molecule has 0 aromatic rings. The third-order valence-electron chi connectivity index (χ3n) is 0.818. The monoisotopic (exact) mass is 134 g/mol. The van der Waals surface area contributed by atoms with E-state index >= 15 is 0 Å². The maximum Gasteiger partial charge on any atom is 0.150 e. The van der Waals surface area contributed by atoms with Crippen LogP contribution < -0.4 is 0 Å². The largest absolute Gasteiger partial charge is 0.298 e. The zero-order valence-corrected chi connectivity index (χ0v) is 6.05. The number of carbonyl (C=O) groups excluding carboxylic acids is 1. The first-order valence-corrected chi connectivity index (χ1v) is 2.89. The van der Waals surface area contributed by atoms with Crippen molar-refractivity contribution in [1.82, 2.24) is 0 Å². The van der Waals surface area contributed by atoms with Crippen LogP contribution in [0.5, 0.6) is 0 Å². The molecule has 0 saturated heterocycles. The Hall–Kier alpha value is -1.33. The second-order valence-electron chi connectivity index (χ2n) is 1.96. The minimum Gasteiger partial charge on any atom is -0.298 e. The molecule has 0 aliphatic heterocycles. The highest BCUT2D eigenvalue weighted by atomic mass is 16.1. The van der Waals surface area contributed by atoms with Crippen molar-refractivity contribution in [3.63, 3.8) is 0 Å². The molecule has 0 saturated carbocycles. The van der Waals surface area contributed by atoms with Crippen LogP contribution in [-0.2, 0) is 4.79 Å². The number of rotatable bonds is 3. The second-order valence-corrected chi connectivity index (χ2v) is 1.96. The summed E-state index contributed by atoms with van der Waals surface area (Å²) in [4.78, 5) is 10.2. The fourth-order valence-electron chi connectivity index (χ4n) is 0.512. The van der Waals surface area contributed by atoms with Gasteiger partial charge < -0.3 is 0 Å². The Balaban J connectivity index is 4.48. The fourth-order valence-corrected chi connectivity index (χ4v) is 0.512. The number of carbonyl (C=O) groups is 1. The van der Waals surface area contributed by atoms with Crippen LogP contribution >= 0.6 is 0 Å². The highest BCUT2D eigenvalue weighted by molar-refractivity contribution is 5.78. The summed E-state index contributed by atoms with van der Waals surface area (Å²) in [5.41, 5.74) is 3.89. The van der Waals surface area contributed by atoms with E-state index in [0.717, 1.165) is 11.9 Å². The number of hydrogen-bond donors (Lipinski definition) is 0. The van der Waals surface area contributed by atoms with Crippen LogP contribution in [0, 0.1) is 0 Å². The summed E-state index contributed by atoms with van der Waals surface area (Å²) in [5, 5.41) is 0. The zero-order chi connectivity index (χ0) is 7.98. The van der Waals surface area contributed by atoms with Crippen molar-refractivity contribution in [3.8, 4) is 0 Å². The van der Waals surface area contributed by atoms with E-state index in [4.69, 9.17) is 0 Å². The molecule has 0 atom stereocenters. The molecule has 0 aromatic carbocycles. The molecule has 0 N–H and O–H groups in total. The van der Waals surface area contributed by atoms with E-state index in [-0.39, 0.29) is 0 Å². The van der Waals surface area contributed by atoms with Crippen LogP contribution in [0.3, 0.4) is 0 Å². The van der Waals surface area contributed by atoms with Gasteiger partial charge in [-0.25, -0.2) is 0 Å². The molecule has 0 bridgehead atoms. The summed E-state index contributed by atoms with van der Waals surface area (Å²) in [6.45, 7) is 8.79. The smallest absolute Gasteiger partial charge is 0.150 e. The Morgan fingerprint density at radius 3 is 2.50 bits per heavy atom. The zero-order valence-electron chi connectivity index (χ0n) is 6.05. The van der Waals surface area contributed by atoms with E-state index in [0.29, 0.717) is 5.57 Å². The van der Waals surface area contributed by atoms with Crippen LogP contribution in [0.4, 0.5) is 0 Å². The first-order valence-electron chi connectivity index (χ1n) is 2.89. The second kappa shape index (κ2) is 4.54. The lowest BCUT2D eigenvalue weighted by atomic mass is 10.2. The molecular formula is C9H10O. The van der Waals surface area contributed by atoms with Gasteiger partial charge in [0.25, 0.3) is 0 Å². The van der Waals surface area contributed by atoms with E-state index in [1.54, 1.807) is 6.08 Å². The molecule has 0 fully saturated rings. The minimum absolute atomic E-state index is 0.544. The summed E-state index contributed by atoms with van der Waals surface area (Å²) in [6.07, 6.45) is 3.93. The van der Waals surface area contributed by atoms with Crippen LogP contribution in [0.2, 0.25) is 0 Å². The Kier molecular flexibility index (Phi) is 3.94. The topological polar surface area (TPSA) is 17.1 Å². The predicted molar refractivity (Wildman–Crippen MR) is 42.7 cm³/mol. The van der Waals surface area contributed by atoms with Gasteiger partial charge in [0, 0.05) is 5.57 Å². The maximum absolute atomic E-state index is 10.2. The number of allylic oxidation sites excluding steroid dienone is 4. The molecule has 0 rings (SSSR count). The van der Waals surface area contributed by atoms with Crippen molar-refractivity contribution in [2.75, 3.05) is 0 Å². The van der Waals surface area contributed by atoms with E-state index in [9.17, 15) is 4.79 Å². The van der Waals surface area contributed by atoms with E-state index < -0.39 is 0 Å². The van der Waals surface area contributed by atoms with Crippen molar-refractivity contribution in [1.29, 1.82) is 0 Å². The van der Waals surface area contributed by atoms with Crippen molar-refractivity contribution in [3.05, 3.63) is 42.2 Å². The lowest BCUT2D eigenvalue weighted by Crippen LogP contribution is -1.77. The van der Waals surface area contributed by atoms with Crippen LogP contribution in [0.1, 0.15) is 6.92 Å². The Labute approximate surface area is 61.1 Å². The van der Waals surface area contributed by atoms with Gasteiger partial charge in [0.05, 0.1) is 0 Å². The average Bonchev–Trinajstić information content (AvgIpc) is 1.86. The van der Waals surface area contributed by atoms with Gasteiger partial charge in [-0.3, -0.25) is 4.79 Å². The van der Waals surface area contributed by atoms with Crippen molar-refractivity contribution >= 4 is 6.29 Å². The van der Waals surface area contributed by atoms with Gasteiger partial charge in [0.2, 0.25) is 0 Å². The molecule has 0 amide bonds. The summed E-state index contributed by atoms with van der Waals surface area (Å²) in [5.74, 6) is 0. The predicted octanol–water partition coefficient (Wildman–Crippen LogP) is 2.03. The van der Waals surface area contributed by atoms with Crippen molar-refractivity contribution < 1.29 is 4.79 Å². The highest BCUT2D eigenvalue weighted by Crippen LogP contribution is 1.97. The van der Waals surface area contributed by atoms with Gasteiger partial charge in [-0.15, -0.1) is 5.73 Å². The highest BCUT2D eigenvalue weighted by Gasteiger charge is 1.85. The Bertz CT molecular complexity index is 215. The number of aldehydes is 1. The SMILES string of the molecule is C=C=CC(C=O)=CC(=C)C. The van der Waals surface area contributed by atoms with Crippen LogP contribution in [-0.4, -0.2) is 6.29 Å². The molecule has 0 spiro atoms.